The second-order valence-electron chi connectivity index (χ2n) is 4.00. The number of nitriles is 1. The molecule has 0 fully saturated rings. The van der Waals surface area contributed by atoms with Crippen molar-refractivity contribution in [2.75, 3.05) is 6.54 Å². The molecule has 1 rings (SSSR count). The summed E-state index contributed by atoms with van der Waals surface area (Å²) in [6, 6.07) is 3.25. The lowest BCUT2D eigenvalue weighted by molar-refractivity contribution is -0.119. The number of rotatable bonds is 5. The minimum atomic E-state index is -1.26. The lowest BCUT2D eigenvalue weighted by atomic mass is 10.0. The van der Waals surface area contributed by atoms with Crippen molar-refractivity contribution in [3.05, 3.63) is 28.5 Å². The van der Waals surface area contributed by atoms with Gasteiger partial charge in [-0.05, 0) is 12.5 Å². The Labute approximate surface area is 115 Å². The molecule has 0 aliphatic carbocycles. The third-order valence-corrected chi connectivity index (χ3v) is 2.81. The van der Waals surface area contributed by atoms with Crippen LogP contribution in [-0.4, -0.2) is 33.8 Å². The quantitative estimate of drug-likeness (QED) is 0.683. The lowest BCUT2D eigenvalue weighted by Crippen LogP contribution is -2.27. The summed E-state index contributed by atoms with van der Waals surface area (Å²) in [5, 5.41) is 31.1. The normalized spacial score (nSPS) is 13.4. The Morgan fingerprint density at radius 2 is 2.32 bits per heavy atom. The van der Waals surface area contributed by atoms with E-state index in [-0.39, 0.29) is 35.2 Å². The summed E-state index contributed by atoms with van der Waals surface area (Å²) in [7, 11) is 0. The molecule has 1 amide bonds. The monoisotopic (exact) mass is 283 g/mol. The van der Waals surface area contributed by atoms with Gasteiger partial charge in [-0.3, -0.25) is 4.79 Å². The van der Waals surface area contributed by atoms with Crippen LogP contribution >= 0.6 is 11.6 Å². The average molecular weight is 284 g/mol. The van der Waals surface area contributed by atoms with E-state index in [2.05, 4.69) is 10.3 Å². The van der Waals surface area contributed by atoms with E-state index >= 15 is 0 Å². The molecule has 102 valence electrons. The van der Waals surface area contributed by atoms with Gasteiger partial charge in [0.05, 0.1) is 11.7 Å². The summed E-state index contributed by atoms with van der Waals surface area (Å²) in [5.74, 6) is -0.215. The van der Waals surface area contributed by atoms with Gasteiger partial charge < -0.3 is 15.5 Å². The number of halogens is 1. The number of amides is 1. The summed E-state index contributed by atoms with van der Waals surface area (Å²) in [4.78, 5) is 14.4. The molecule has 0 aliphatic heterocycles. The molecule has 0 spiro atoms. The van der Waals surface area contributed by atoms with Crippen LogP contribution in [0.15, 0.2) is 12.3 Å². The summed E-state index contributed by atoms with van der Waals surface area (Å²) in [5.41, 5.74) is 0.434. The molecule has 3 N–H and O–H groups in total. The van der Waals surface area contributed by atoms with E-state index in [9.17, 15) is 15.0 Å². The topological polar surface area (TPSA) is 106 Å². The molecule has 0 bridgehead atoms. The summed E-state index contributed by atoms with van der Waals surface area (Å²) >= 11 is 5.82. The molecule has 2 unspecified atom stereocenters. The van der Waals surface area contributed by atoms with E-state index in [0.29, 0.717) is 0 Å². The van der Waals surface area contributed by atoms with Crippen LogP contribution in [0.25, 0.3) is 0 Å². The molecule has 0 saturated carbocycles. The number of carbonyl (C=O) groups excluding carboxylic acids is 1. The van der Waals surface area contributed by atoms with Crippen LogP contribution in [0.4, 0.5) is 0 Å². The molecule has 1 aromatic rings. The van der Waals surface area contributed by atoms with Gasteiger partial charge in [-0.1, -0.05) is 11.6 Å². The van der Waals surface area contributed by atoms with Crippen molar-refractivity contribution in [2.45, 2.75) is 25.6 Å². The lowest BCUT2D eigenvalue weighted by Gasteiger charge is -2.19. The number of pyridine rings is 1. The Morgan fingerprint density at radius 1 is 1.63 bits per heavy atom. The van der Waals surface area contributed by atoms with Crippen molar-refractivity contribution < 1.29 is 15.0 Å². The zero-order valence-electron chi connectivity index (χ0n) is 10.3. The summed E-state index contributed by atoms with van der Waals surface area (Å²) in [6.45, 7) is 1.59. The summed E-state index contributed by atoms with van der Waals surface area (Å²) in [6.07, 6.45) is -0.932. The van der Waals surface area contributed by atoms with Crippen molar-refractivity contribution in [1.29, 1.82) is 5.26 Å². The van der Waals surface area contributed by atoms with Gasteiger partial charge in [-0.25, -0.2) is 4.98 Å². The number of nitrogens with zero attached hydrogens (tertiary/aromatic N) is 2. The van der Waals surface area contributed by atoms with Gasteiger partial charge >= 0.3 is 0 Å². The highest BCUT2D eigenvalue weighted by atomic mass is 35.5. The van der Waals surface area contributed by atoms with Crippen LogP contribution in [0.5, 0.6) is 0 Å². The largest absolute Gasteiger partial charge is 0.390 e. The zero-order chi connectivity index (χ0) is 14.4. The minimum absolute atomic E-state index is 0.0325. The molecule has 0 radical (unpaired) electrons. The Kier molecular flexibility index (Phi) is 5.70. The predicted molar refractivity (Wildman–Crippen MR) is 68.2 cm³/mol. The Bertz CT molecular complexity index is 501. The maximum atomic E-state index is 10.7. The minimum Gasteiger partial charge on any atom is -0.390 e. The predicted octanol–water partition coefficient (Wildman–Crippen LogP) is 0.527. The number of aliphatic hydroxyl groups is 2. The smallest absolute Gasteiger partial charge is 0.216 e. The molecule has 6 nitrogen and oxygen atoms in total. The molecule has 0 aromatic carbocycles. The van der Waals surface area contributed by atoms with E-state index < -0.39 is 12.2 Å². The maximum absolute atomic E-state index is 10.7. The summed E-state index contributed by atoms with van der Waals surface area (Å²) < 4.78 is 0. The van der Waals surface area contributed by atoms with Gasteiger partial charge in [-0.15, -0.1) is 0 Å². The van der Waals surface area contributed by atoms with E-state index in [1.54, 1.807) is 0 Å². The van der Waals surface area contributed by atoms with Gasteiger partial charge in [0.2, 0.25) is 5.91 Å². The van der Waals surface area contributed by atoms with E-state index in [4.69, 9.17) is 16.9 Å². The number of hydrogen-bond acceptors (Lipinski definition) is 5. The number of aliphatic hydroxyl groups excluding tert-OH is 2. The molecule has 2 atom stereocenters. The van der Waals surface area contributed by atoms with Crippen LogP contribution in [0.1, 0.15) is 30.6 Å². The highest BCUT2D eigenvalue weighted by Gasteiger charge is 2.21. The number of carbonyl (C=O) groups is 1. The van der Waals surface area contributed by atoms with Crippen molar-refractivity contribution in [2.24, 2.45) is 0 Å². The second kappa shape index (κ2) is 7.04. The fourth-order valence-corrected chi connectivity index (χ4v) is 1.71. The van der Waals surface area contributed by atoms with E-state index in [1.165, 1.54) is 19.2 Å². The third kappa shape index (κ3) is 4.48. The van der Waals surface area contributed by atoms with Gasteiger partial charge in [0.25, 0.3) is 0 Å². The van der Waals surface area contributed by atoms with Crippen molar-refractivity contribution in [3.8, 4) is 6.07 Å². The van der Waals surface area contributed by atoms with Crippen molar-refractivity contribution in [1.82, 2.24) is 10.3 Å². The first-order valence-corrected chi connectivity index (χ1v) is 5.99. The maximum Gasteiger partial charge on any atom is 0.216 e. The van der Waals surface area contributed by atoms with Crippen molar-refractivity contribution >= 4 is 17.5 Å². The Hall–Kier alpha value is -1.68. The number of hydrogen-bond donors (Lipinski definition) is 3. The van der Waals surface area contributed by atoms with Crippen LogP contribution in [0.3, 0.4) is 0 Å². The third-order valence-electron chi connectivity index (χ3n) is 2.49. The molecule has 1 aromatic heterocycles. The van der Waals surface area contributed by atoms with Gasteiger partial charge in [0.15, 0.2) is 0 Å². The molecule has 1 heterocycles. The van der Waals surface area contributed by atoms with Crippen LogP contribution in [0.2, 0.25) is 5.15 Å². The molecule has 19 heavy (non-hydrogen) atoms. The van der Waals surface area contributed by atoms with Crippen LogP contribution in [-0.2, 0) is 4.79 Å². The highest BCUT2D eigenvalue weighted by Crippen LogP contribution is 2.25. The molecule has 0 aliphatic rings. The van der Waals surface area contributed by atoms with E-state index in [0.717, 1.165) is 0 Å². The van der Waals surface area contributed by atoms with Gasteiger partial charge in [-0.2, -0.15) is 5.26 Å². The number of aromatic nitrogens is 1. The van der Waals surface area contributed by atoms with Gasteiger partial charge in [0.1, 0.15) is 17.3 Å². The molecule has 7 heteroatoms. The van der Waals surface area contributed by atoms with Crippen LogP contribution in [0, 0.1) is 11.3 Å². The fourth-order valence-electron chi connectivity index (χ4n) is 1.49. The zero-order valence-corrected chi connectivity index (χ0v) is 11.1. The Balaban J connectivity index is 2.73. The van der Waals surface area contributed by atoms with Crippen LogP contribution < -0.4 is 5.32 Å². The average Bonchev–Trinajstić information content (AvgIpc) is 2.38. The van der Waals surface area contributed by atoms with Gasteiger partial charge in [0, 0.05) is 25.2 Å². The first-order chi connectivity index (χ1) is 8.95. The molecule has 0 saturated heterocycles. The highest BCUT2D eigenvalue weighted by molar-refractivity contribution is 6.30. The first kappa shape index (κ1) is 15.4. The fraction of sp³-hybridized carbons (Fsp3) is 0.417. The van der Waals surface area contributed by atoms with Crippen molar-refractivity contribution in [3.63, 3.8) is 0 Å². The second-order valence-corrected chi connectivity index (χ2v) is 4.36. The molecular weight excluding hydrogens is 270 g/mol. The van der Waals surface area contributed by atoms with E-state index in [1.807, 2.05) is 6.07 Å². The Morgan fingerprint density at radius 3 is 2.89 bits per heavy atom. The SMILES string of the molecule is CC(=O)NCCC(O)C(O)c1cc(C#N)cnc1Cl. The number of nitrogens with one attached hydrogen (secondary N) is 1. The first-order valence-electron chi connectivity index (χ1n) is 5.61. The molecular formula is C12H14ClN3O3. The standard InChI is InChI=1S/C12H14ClN3O3/c1-7(17)15-3-2-10(18)11(19)9-4-8(5-14)6-16-12(9)13/h4,6,10-11,18-19H,2-3H2,1H3,(H,15,17).